The molecule has 0 aliphatic heterocycles. The van der Waals surface area contributed by atoms with Crippen LogP contribution in [-0.2, 0) is 10.5 Å². The van der Waals surface area contributed by atoms with Gasteiger partial charge in [-0.25, -0.2) is 0 Å². The Morgan fingerprint density at radius 3 is 1.60 bits per heavy atom. The number of aliphatic hydroxyl groups excluding tert-OH is 10. The summed E-state index contributed by atoms with van der Waals surface area (Å²) in [5.74, 6) is 0.938. The number of carbonyl (C=O) groups is 1. The third kappa shape index (κ3) is 13.2. The lowest BCUT2D eigenvalue weighted by atomic mass is 10.0. The van der Waals surface area contributed by atoms with Gasteiger partial charge in [-0.05, 0) is 17.7 Å². The van der Waals surface area contributed by atoms with Gasteiger partial charge in [-0.1, -0.05) is 37.7 Å². The van der Waals surface area contributed by atoms with Crippen LogP contribution in [0, 0.1) is 5.92 Å². The van der Waals surface area contributed by atoms with Crippen molar-refractivity contribution >= 4 is 29.3 Å². The van der Waals surface area contributed by atoms with E-state index in [0.717, 1.165) is 5.56 Å². The normalized spacial score (nSPS) is 17.9. The highest BCUT2D eigenvalue weighted by atomic mass is 35.5. The molecule has 10 N–H and O–H groups in total. The lowest BCUT2D eigenvalue weighted by Gasteiger charge is -2.33. The van der Waals surface area contributed by atoms with Gasteiger partial charge < -0.3 is 55.8 Å². The van der Waals surface area contributed by atoms with Gasteiger partial charge >= 0.3 is 0 Å². The fraction of sp³-hybridized carbons (Fsp3) is 0.720. The topological polar surface area (TPSA) is 232 Å². The van der Waals surface area contributed by atoms with Crippen molar-refractivity contribution in [2.45, 2.75) is 68.4 Å². The average Bonchev–Trinajstić information content (AvgIpc) is 2.93. The van der Waals surface area contributed by atoms with Gasteiger partial charge in [0.25, 0.3) is 0 Å². The van der Waals surface area contributed by atoms with Crippen molar-refractivity contribution in [2.75, 3.05) is 39.5 Å². The van der Waals surface area contributed by atoms with E-state index in [1.54, 1.807) is 24.3 Å². The summed E-state index contributed by atoms with van der Waals surface area (Å²) in [6, 6.07) is 7.01. The van der Waals surface area contributed by atoms with E-state index in [1.807, 2.05) is 13.8 Å². The van der Waals surface area contributed by atoms with Gasteiger partial charge in [0.1, 0.15) is 49.0 Å². The van der Waals surface area contributed by atoms with Gasteiger partial charge in [0.2, 0.25) is 0 Å². The van der Waals surface area contributed by atoms with Crippen LogP contribution in [0.1, 0.15) is 19.4 Å². The molecule has 13 nitrogen and oxygen atoms in total. The maximum Gasteiger partial charge on any atom is 0.191 e. The van der Waals surface area contributed by atoms with Gasteiger partial charge in [-0.2, -0.15) is 0 Å². The molecule has 40 heavy (non-hydrogen) atoms. The number of rotatable bonds is 19. The van der Waals surface area contributed by atoms with Crippen LogP contribution >= 0.6 is 24.2 Å². The van der Waals surface area contributed by atoms with Crippen molar-refractivity contribution in [3.8, 4) is 5.75 Å². The third-order valence-electron chi connectivity index (χ3n) is 5.99. The van der Waals surface area contributed by atoms with E-state index in [2.05, 4.69) is 0 Å². The van der Waals surface area contributed by atoms with Crippen molar-refractivity contribution in [3.05, 3.63) is 29.8 Å². The van der Waals surface area contributed by atoms with Crippen molar-refractivity contribution in [3.63, 3.8) is 0 Å². The smallest absolute Gasteiger partial charge is 0.191 e. The van der Waals surface area contributed by atoms with Crippen molar-refractivity contribution in [1.29, 1.82) is 0 Å². The molecule has 1 aromatic carbocycles. The SMILES string of the molecule is CC(C)C(=O)SCc1ccc(OCCN(C[C@@H](O)[C@@H](O)[C@H](O)[C@H](O)CO)C[C@@H](O)[C@@H](O)[C@H](O)[C@H](O)CO)cc1.Cl. The molecule has 0 saturated carbocycles. The Morgan fingerprint density at radius 2 is 1.20 bits per heavy atom. The molecule has 0 unspecified atom stereocenters. The van der Waals surface area contributed by atoms with Crippen LogP contribution in [0.25, 0.3) is 0 Å². The molecular formula is C25H44ClNO12S. The van der Waals surface area contributed by atoms with Gasteiger partial charge in [0.15, 0.2) is 5.12 Å². The summed E-state index contributed by atoms with van der Waals surface area (Å²) >= 11 is 1.22. The molecule has 234 valence electrons. The number of hydrogen-bond acceptors (Lipinski definition) is 14. The summed E-state index contributed by atoms with van der Waals surface area (Å²) in [5, 5.41) is 97.9. The summed E-state index contributed by atoms with van der Waals surface area (Å²) in [6.45, 7) is 1.20. The van der Waals surface area contributed by atoms with Crippen LogP contribution in [0.2, 0.25) is 0 Å². The first-order valence-electron chi connectivity index (χ1n) is 12.6. The molecule has 15 heteroatoms. The second kappa shape index (κ2) is 19.9. The Kier molecular flexibility index (Phi) is 19.4. The van der Waals surface area contributed by atoms with Crippen LogP contribution in [0.3, 0.4) is 0 Å². The van der Waals surface area contributed by atoms with E-state index in [9.17, 15) is 45.6 Å². The van der Waals surface area contributed by atoms with E-state index < -0.39 is 62.0 Å². The molecule has 0 aliphatic carbocycles. The van der Waals surface area contributed by atoms with Crippen LogP contribution in [0.5, 0.6) is 5.75 Å². The highest BCUT2D eigenvalue weighted by Gasteiger charge is 2.34. The van der Waals surface area contributed by atoms with Crippen molar-refractivity contribution in [2.24, 2.45) is 5.92 Å². The number of halogens is 1. The molecule has 0 bridgehead atoms. The number of ether oxygens (including phenoxy) is 1. The fourth-order valence-corrected chi connectivity index (χ4v) is 4.26. The first kappa shape index (κ1) is 38.9. The lowest BCUT2D eigenvalue weighted by Crippen LogP contribution is -2.53. The van der Waals surface area contributed by atoms with Crippen LogP contribution in [0.15, 0.2) is 24.3 Å². The standard InChI is InChI=1S/C25H43NO12S.ClH/c1-14(2)25(37)39-13-15-3-5-16(6-4-15)38-8-7-26(9-17(29)21(33)23(35)19(31)11-27)10-18(30)22(34)24(36)20(32)12-28;/h3-6,14,17-24,27-36H,7-13H2,1-2H3;1H/t17-,18-,19-,20-,21-,22-,23-,24-;/m1./s1. The van der Waals surface area contributed by atoms with Gasteiger partial charge in [0, 0.05) is 31.3 Å². The maximum atomic E-state index is 11.8. The molecular weight excluding hydrogens is 574 g/mol. The Labute approximate surface area is 244 Å². The monoisotopic (exact) mass is 617 g/mol. The molecule has 0 aliphatic rings. The lowest BCUT2D eigenvalue weighted by molar-refractivity contribution is -0.130. The quantitative estimate of drug-likeness (QED) is 0.0749. The Bertz CT molecular complexity index is 793. The van der Waals surface area contributed by atoms with E-state index in [1.165, 1.54) is 16.7 Å². The highest BCUT2D eigenvalue weighted by molar-refractivity contribution is 8.13. The molecule has 1 aromatic rings. The van der Waals surface area contributed by atoms with Crippen LogP contribution in [0.4, 0.5) is 0 Å². The van der Waals surface area contributed by atoms with Gasteiger partial charge in [0.05, 0.1) is 25.4 Å². The molecule has 0 aromatic heterocycles. The maximum absolute atomic E-state index is 11.8. The molecule has 8 atom stereocenters. The van der Waals surface area contributed by atoms with Crippen LogP contribution < -0.4 is 4.74 Å². The zero-order chi connectivity index (χ0) is 29.7. The van der Waals surface area contributed by atoms with Gasteiger partial charge in [-0.3, -0.25) is 9.69 Å². The first-order chi connectivity index (χ1) is 18.3. The average molecular weight is 618 g/mol. The Balaban J connectivity index is 0.0000152. The van der Waals surface area contributed by atoms with Crippen molar-refractivity contribution < 1.29 is 60.6 Å². The molecule has 0 radical (unpaired) electrons. The molecule has 0 heterocycles. The number of benzene rings is 1. The number of nitrogens with zero attached hydrogens (tertiary/aromatic N) is 1. The zero-order valence-corrected chi connectivity index (χ0v) is 24.1. The first-order valence-corrected chi connectivity index (χ1v) is 13.6. The zero-order valence-electron chi connectivity index (χ0n) is 22.5. The minimum atomic E-state index is -1.87. The Hall–Kier alpha value is -1.11. The fourth-order valence-electron chi connectivity index (χ4n) is 3.42. The van der Waals surface area contributed by atoms with Gasteiger partial charge in [-0.15, -0.1) is 12.4 Å². The molecule has 0 saturated heterocycles. The van der Waals surface area contributed by atoms with Crippen molar-refractivity contribution in [1.82, 2.24) is 4.90 Å². The minimum absolute atomic E-state index is 0. The minimum Gasteiger partial charge on any atom is -0.492 e. The predicted molar refractivity (Wildman–Crippen MR) is 149 cm³/mol. The van der Waals surface area contributed by atoms with E-state index in [0.29, 0.717) is 11.5 Å². The number of carbonyl (C=O) groups excluding carboxylic acids is 1. The Morgan fingerprint density at radius 1 is 0.775 bits per heavy atom. The van der Waals surface area contributed by atoms with E-state index >= 15 is 0 Å². The number of aliphatic hydroxyl groups is 10. The molecule has 0 spiro atoms. The largest absolute Gasteiger partial charge is 0.492 e. The molecule has 1 rings (SSSR count). The molecule has 0 amide bonds. The van der Waals surface area contributed by atoms with E-state index in [4.69, 9.17) is 14.9 Å². The van der Waals surface area contributed by atoms with E-state index in [-0.39, 0.29) is 49.7 Å². The molecule has 0 fully saturated rings. The third-order valence-corrected chi connectivity index (χ3v) is 7.23. The second-order valence-corrected chi connectivity index (χ2v) is 10.6. The number of hydrogen-bond donors (Lipinski definition) is 10. The predicted octanol–water partition coefficient (Wildman–Crippen LogP) is -2.92. The van der Waals surface area contributed by atoms with Crippen LogP contribution in [-0.4, -0.2) is 149 Å². The summed E-state index contributed by atoms with van der Waals surface area (Å²) in [6.07, 6.45) is -14.2. The second-order valence-electron chi connectivity index (χ2n) is 9.61. The summed E-state index contributed by atoms with van der Waals surface area (Å²) < 4.78 is 5.70. The summed E-state index contributed by atoms with van der Waals surface area (Å²) in [7, 11) is 0. The highest BCUT2D eigenvalue weighted by Crippen LogP contribution is 2.20. The summed E-state index contributed by atoms with van der Waals surface area (Å²) in [5.41, 5.74) is 0.921. The number of thioether (sulfide) groups is 1. The summed E-state index contributed by atoms with van der Waals surface area (Å²) in [4.78, 5) is 13.1.